The Kier molecular flexibility index (Phi) is 5.36. The fraction of sp³-hybridized carbons (Fsp3) is 0.619. The normalized spacial score (nSPS) is 15.6. The molecule has 3 rings (SSSR count). The summed E-state index contributed by atoms with van der Waals surface area (Å²) >= 11 is 0. The van der Waals surface area contributed by atoms with Gasteiger partial charge in [0.15, 0.2) is 0 Å². The Balaban J connectivity index is 1.80. The van der Waals surface area contributed by atoms with Crippen LogP contribution in [0.2, 0.25) is 0 Å². The van der Waals surface area contributed by atoms with Gasteiger partial charge in [0, 0.05) is 55.3 Å². The summed E-state index contributed by atoms with van der Waals surface area (Å²) in [7, 11) is 0. The maximum Gasteiger partial charge on any atom is 0.133 e. The van der Waals surface area contributed by atoms with E-state index in [9.17, 15) is 0 Å². The lowest BCUT2D eigenvalue weighted by atomic mass is 9.91. The minimum atomic E-state index is 0.0131. The Morgan fingerprint density at radius 3 is 1.85 bits per heavy atom. The third-order valence-electron chi connectivity index (χ3n) is 4.89. The fourth-order valence-electron chi connectivity index (χ4n) is 3.28. The average Bonchev–Trinajstić information content (AvgIpc) is 2.60. The summed E-state index contributed by atoms with van der Waals surface area (Å²) < 4.78 is 0. The fourth-order valence-corrected chi connectivity index (χ4v) is 3.28. The molecular weight excluding hydrogens is 336 g/mol. The molecule has 0 aliphatic carbocycles. The van der Waals surface area contributed by atoms with Crippen LogP contribution >= 0.6 is 0 Å². The predicted molar refractivity (Wildman–Crippen MR) is 111 cm³/mol. The zero-order valence-electron chi connectivity index (χ0n) is 17.7. The number of hydrogen-bond donors (Lipinski definition) is 0. The summed E-state index contributed by atoms with van der Waals surface area (Å²) in [6, 6.07) is 4.24. The zero-order valence-corrected chi connectivity index (χ0v) is 17.7. The summed E-state index contributed by atoms with van der Waals surface area (Å²) in [5.74, 6) is 4.16. The molecule has 0 bridgehead atoms. The molecule has 2 aromatic rings. The first kappa shape index (κ1) is 19.5. The average molecular weight is 369 g/mol. The summed E-state index contributed by atoms with van der Waals surface area (Å²) in [6.07, 6.45) is 0. The van der Waals surface area contributed by atoms with Gasteiger partial charge >= 0.3 is 0 Å². The van der Waals surface area contributed by atoms with Crippen LogP contribution in [0.3, 0.4) is 0 Å². The number of hydrogen-bond acceptors (Lipinski definition) is 6. The summed E-state index contributed by atoms with van der Waals surface area (Å²) in [6.45, 7) is 18.6. The van der Waals surface area contributed by atoms with E-state index in [2.05, 4.69) is 66.5 Å². The van der Waals surface area contributed by atoms with E-state index in [1.807, 2.05) is 13.8 Å². The lowest BCUT2D eigenvalue weighted by Crippen LogP contribution is -2.47. The van der Waals surface area contributed by atoms with Gasteiger partial charge in [-0.05, 0) is 13.8 Å². The molecular formula is C21H32N6. The van der Waals surface area contributed by atoms with Crippen LogP contribution in [-0.2, 0) is 5.41 Å². The zero-order chi connectivity index (χ0) is 19.8. The number of aryl methyl sites for hydroxylation is 2. The van der Waals surface area contributed by atoms with Gasteiger partial charge in [0.2, 0.25) is 0 Å². The second kappa shape index (κ2) is 7.41. The van der Waals surface area contributed by atoms with Crippen molar-refractivity contribution in [3.8, 4) is 0 Å². The van der Waals surface area contributed by atoms with E-state index in [0.717, 1.165) is 60.9 Å². The van der Waals surface area contributed by atoms with Gasteiger partial charge in [0.1, 0.15) is 23.3 Å². The van der Waals surface area contributed by atoms with Crippen LogP contribution in [0.5, 0.6) is 0 Å². The highest BCUT2D eigenvalue weighted by Gasteiger charge is 2.24. The van der Waals surface area contributed by atoms with Crippen molar-refractivity contribution in [2.24, 2.45) is 0 Å². The largest absolute Gasteiger partial charge is 0.353 e. The minimum Gasteiger partial charge on any atom is -0.353 e. The summed E-state index contributed by atoms with van der Waals surface area (Å²) in [5.41, 5.74) is 2.15. The molecule has 0 atom stereocenters. The van der Waals surface area contributed by atoms with Crippen molar-refractivity contribution < 1.29 is 0 Å². The minimum absolute atomic E-state index is 0.0131. The van der Waals surface area contributed by atoms with Gasteiger partial charge in [-0.3, -0.25) is 0 Å². The first-order valence-electron chi connectivity index (χ1n) is 9.85. The van der Waals surface area contributed by atoms with Crippen molar-refractivity contribution in [3.63, 3.8) is 0 Å². The third kappa shape index (κ3) is 4.54. The van der Waals surface area contributed by atoms with Gasteiger partial charge in [-0.1, -0.05) is 34.6 Å². The maximum atomic E-state index is 4.87. The molecule has 6 nitrogen and oxygen atoms in total. The SMILES string of the molecule is Cc1cc(N2CCN(c3cc(C(C)(C)C)nc(C(C)C)n3)CC2)nc(C)n1. The number of piperazine rings is 1. The van der Waals surface area contributed by atoms with E-state index in [4.69, 9.17) is 9.97 Å². The molecule has 6 heteroatoms. The molecule has 0 N–H and O–H groups in total. The molecule has 3 heterocycles. The van der Waals surface area contributed by atoms with Crippen molar-refractivity contribution in [1.82, 2.24) is 19.9 Å². The Morgan fingerprint density at radius 2 is 1.37 bits per heavy atom. The number of nitrogens with zero attached hydrogens (tertiary/aromatic N) is 6. The first-order valence-corrected chi connectivity index (χ1v) is 9.85. The van der Waals surface area contributed by atoms with Crippen LogP contribution < -0.4 is 9.80 Å². The van der Waals surface area contributed by atoms with Gasteiger partial charge in [-0.2, -0.15) is 0 Å². The quantitative estimate of drug-likeness (QED) is 0.824. The van der Waals surface area contributed by atoms with Gasteiger partial charge < -0.3 is 9.80 Å². The second-order valence-electron chi connectivity index (χ2n) is 8.76. The smallest absolute Gasteiger partial charge is 0.133 e. The third-order valence-corrected chi connectivity index (χ3v) is 4.89. The highest BCUT2D eigenvalue weighted by Crippen LogP contribution is 2.27. The highest BCUT2D eigenvalue weighted by molar-refractivity contribution is 5.46. The van der Waals surface area contributed by atoms with Gasteiger partial charge in [-0.15, -0.1) is 0 Å². The molecule has 1 aliphatic heterocycles. The number of aromatic nitrogens is 4. The van der Waals surface area contributed by atoms with Crippen molar-refractivity contribution >= 4 is 11.6 Å². The van der Waals surface area contributed by atoms with Crippen LogP contribution in [0.1, 0.15) is 63.6 Å². The van der Waals surface area contributed by atoms with Gasteiger partial charge in [0.25, 0.3) is 0 Å². The van der Waals surface area contributed by atoms with E-state index >= 15 is 0 Å². The molecule has 1 aliphatic rings. The van der Waals surface area contributed by atoms with E-state index in [1.165, 1.54) is 0 Å². The predicted octanol–water partition coefficient (Wildman–Crippen LogP) is 3.63. The molecule has 2 aromatic heterocycles. The topological polar surface area (TPSA) is 58.0 Å². The van der Waals surface area contributed by atoms with E-state index in [1.54, 1.807) is 0 Å². The molecule has 0 unspecified atom stereocenters. The lowest BCUT2D eigenvalue weighted by Gasteiger charge is -2.36. The first-order chi connectivity index (χ1) is 12.6. The summed E-state index contributed by atoms with van der Waals surface area (Å²) in [5, 5.41) is 0. The Labute approximate surface area is 163 Å². The molecule has 0 radical (unpaired) electrons. The highest BCUT2D eigenvalue weighted by atomic mass is 15.3. The Morgan fingerprint density at radius 1 is 0.815 bits per heavy atom. The van der Waals surface area contributed by atoms with Crippen molar-refractivity contribution in [2.75, 3.05) is 36.0 Å². The monoisotopic (exact) mass is 368 g/mol. The van der Waals surface area contributed by atoms with Gasteiger partial charge in [-0.25, -0.2) is 19.9 Å². The summed E-state index contributed by atoms with van der Waals surface area (Å²) in [4.78, 5) is 23.4. The Hall–Kier alpha value is -2.24. The molecule has 0 saturated carbocycles. The molecule has 1 fully saturated rings. The molecule has 27 heavy (non-hydrogen) atoms. The van der Waals surface area contributed by atoms with Crippen LogP contribution in [0.25, 0.3) is 0 Å². The number of rotatable bonds is 3. The van der Waals surface area contributed by atoms with Crippen LogP contribution in [0.15, 0.2) is 12.1 Å². The number of anilines is 2. The Bertz CT molecular complexity index is 781. The van der Waals surface area contributed by atoms with Crippen LogP contribution in [0.4, 0.5) is 11.6 Å². The second-order valence-corrected chi connectivity index (χ2v) is 8.76. The van der Waals surface area contributed by atoms with Crippen molar-refractivity contribution in [2.45, 2.75) is 59.8 Å². The van der Waals surface area contributed by atoms with E-state index < -0.39 is 0 Å². The van der Waals surface area contributed by atoms with Crippen molar-refractivity contribution in [3.05, 3.63) is 35.2 Å². The molecule has 146 valence electrons. The van der Waals surface area contributed by atoms with Crippen molar-refractivity contribution in [1.29, 1.82) is 0 Å². The molecule has 1 saturated heterocycles. The standard InChI is InChI=1S/C21H32N6/c1-14(2)20-24-17(21(5,6)7)13-19(25-20)27-10-8-26(9-11-27)18-12-15(3)22-16(4)23-18/h12-14H,8-11H2,1-7H3. The molecule has 0 amide bonds. The van der Waals surface area contributed by atoms with Crippen LogP contribution in [-0.4, -0.2) is 46.1 Å². The lowest BCUT2D eigenvalue weighted by molar-refractivity contribution is 0.555. The van der Waals surface area contributed by atoms with Gasteiger partial charge in [0.05, 0.1) is 5.69 Å². The van der Waals surface area contributed by atoms with E-state index in [-0.39, 0.29) is 5.41 Å². The van der Waals surface area contributed by atoms with E-state index in [0.29, 0.717) is 5.92 Å². The van der Waals surface area contributed by atoms with Crippen LogP contribution in [0, 0.1) is 13.8 Å². The maximum absolute atomic E-state index is 4.87. The molecule has 0 aromatic carbocycles. The molecule has 0 spiro atoms.